The van der Waals surface area contributed by atoms with Crippen LogP contribution in [-0.2, 0) is 19.1 Å². The van der Waals surface area contributed by atoms with E-state index in [2.05, 4.69) is 42.2 Å². The number of hydrogen-bond acceptors (Lipinski definition) is 4. The summed E-state index contributed by atoms with van der Waals surface area (Å²) in [7, 11) is 1.25. The van der Waals surface area contributed by atoms with Gasteiger partial charge in [-0.05, 0) is 24.3 Å². The van der Waals surface area contributed by atoms with Crippen molar-refractivity contribution in [3.8, 4) is 0 Å². The maximum absolute atomic E-state index is 12.2. The van der Waals surface area contributed by atoms with Gasteiger partial charge in [-0.15, -0.1) is 0 Å². The SMILES string of the molecule is COC(=O)C1(C(=O)OC)C[C@H](CI)[C@H]([Si](C)(C)C)C1. The second kappa shape index (κ2) is 6.11. The van der Waals surface area contributed by atoms with Crippen LogP contribution in [0.15, 0.2) is 0 Å². The fourth-order valence-corrected chi connectivity index (χ4v) is 7.21. The van der Waals surface area contributed by atoms with E-state index in [-0.39, 0.29) is 0 Å². The smallest absolute Gasteiger partial charge is 0.323 e. The summed E-state index contributed by atoms with van der Waals surface area (Å²) in [5, 5.41) is 0. The summed E-state index contributed by atoms with van der Waals surface area (Å²) in [5.74, 6) is -0.477. The highest BCUT2D eigenvalue weighted by molar-refractivity contribution is 14.1. The molecule has 0 radical (unpaired) electrons. The van der Waals surface area contributed by atoms with Gasteiger partial charge >= 0.3 is 11.9 Å². The average molecular weight is 398 g/mol. The van der Waals surface area contributed by atoms with Crippen molar-refractivity contribution in [1.29, 1.82) is 0 Å². The van der Waals surface area contributed by atoms with Gasteiger partial charge in [0.25, 0.3) is 0 Å². The first-order valence-corrected chi connectivity index (χ1v) is 11.6. The zero-order valence-electron chi connectivity index (χ0n) is 12.3. The van der Waals surface area contributed by atoms with Gasteiger partial charge in [0.1, 0.15) is 0 Å². The Balaban J connectivity index is 3.16. The lowest BCUT2D eigenvalue weighted by molar-refractivity contribution is -0.168. The lowest BCUT2D eigenvalue weighted by atomic mass is 9.85. The molecule has 1 fully saturated rings. The molecule has 4 nitrogen and oxygen atoms in total. The second-order valence-corrected chi connectivity index (χ2v) is 12.7. The molecule has 0 spiro atoms. The maximum Gasteiger partial charge on any atom is 0.323 e. The van der Waals surface area contributed by atoms with E-state index >= 15 is 0 Å². The van der Waals surface area contributed by atoms with Gasteiger partial charge < -0.3 is 9.47 Å². The van der Waals surface area contributed by atoms with E-state index in [1.54, 1.807) is 0 Å². The zero-order chi connectivity index (χ0) is 14.8. The standard InChI is InChI=1S/C13H23IO4Si/c1-17-11(15)13(12(16)18-2)6-9(8-14)10(7-13)19(3,4)5/h9-10H,6-8H2,1-5H3/t9-,10-/m1/s1. The molecule has 0 aromatic carbocycles. The van der Waals surface area contributed by atoms with Gasteiger partial charge in [-0.3, -0.25) is 9.59 Å². The Morgan fingerprint density at radius 1 is 1.16 bits per heavy atom. The Morgan fingerprint density at radius 3 is 1.89 bits per heavy atom. The molecular formula is C13H23IO4Si. The summed E-state index contributed by atoms with van der Waals surface area (Å²) in [6.07, 6.45) is 1.14. The van der Waals surface area contributed by atoms with Gasteiger partial charge in [0.05, 0.1) is 14.2 Å². The molecule has 6 heteroatoms. The first-order valence-electron chi connectivity index (χ1n) is 6.45. The van der Waals surface area contributed by atoms with E-state index < -0.39 is 25.4 Å². The van der Waals surface area contributed by atoms with Crippen LogP contribution in [0.3, 0.4) is 0 Å². The van der Waals surface area contributed by atoms with Crippen LogP contribution in [0, 0.1) is 11.3 Å². The van der Waals surface area contributed by atoms with Crippen molar-refractivity contribution in [3.05, 3.63) is 0 Å². The van der Waals surface area contributed by atoms with Crippen LogP contribution in [0.4, 0.5) is 0 Å². The van der Waals surface area contributed by atoms with Crippen LogP contribution >= 0.6 is 22.6 Å². The number of methoxy groups -OCH3 is 2. The fraction of sp³-hybridized carbons (Fsp3) is 0.846. The topological polar surface area (TPSA) is 52.6 Å². The summed E-state index contributed by atoms with van der Waals surface area (Å²) in [6, 6.07) is 0. The number of ether oxygens (including phenoxy) is 2. The van der Waals surface area contributed by atoms with Crippen molar-refractivity contribution >= 4 is 42.6 Å². The van der Waals surface area contributed by atoms with E-state index in [1.807, 2.05) is 0 Å². The number of carbonyl (C=O) groups is 2. The molecule has 19 heavy (non-hydrogen) atoms. The molecule has 0 unspecified atom stereocenters. The molecule has 0 heterocycles. The third-order valence-electron chi connectivity index (χ3n) is 4.21. The highest BCUT2D eigenvalue weighted by Gasteiger charge is 2.59. The zero-order valence-corrected chi connectivity index (χ0v) is 15.4. The normalized spacial score (nSPS) is 26.0. The minimum atomic E-state index is -1.43. The Kier molecular flexibility index (Phi) is 5.45. The second-order valence-electron chi connectivity index (χ2n) is 6.36. The number of rotatable bonds is 4. The van der Waals surface area contributed by atoms with Crippen LogP contribution in [0.5, 0.6) is 0 Å². The third kappa shape index (κ3) is 3.15. The van der Waals surface area contributed by atoms with E-state index in [0.29, 0.717) is 24.3 Å². The first kappa shape index (κ1) is 16.9. The minimum Gasteiger partial charge on any atom is -0.468 e. The Bertz CT molecular complexity index is 348. The molecule has 1 rings (SSSR count). The fourth-order valence-electron chi connectivity index (χ4n) is 3.20. The van der Waals surface area contributed by atoms with Crippen LogP contribution < -0.4 is 0 Å². The molecule has 1 aliphatic carbocycles. The van der Waals surface area contributed by atoms with Gasteiger partial charge in [0.2, 0.25) is 0 Å². The molecule has 2 atom stereocenters. The summed E-state index contributed by atoms with van der Waals surface area (Å²) in [4.78, 5) is 24.3. The predicted octanol–water partition coefficient (Wildman–Crippen LogP) is 2.87. The molecule has 0 bridgehead atoms. The Labute approximate surface area is 129 Å². The molecular weight excluding hydrogens is 375 g/mol. The van der Waals surface area contributed by atoms with Crippen LogP contribution in [0.1, 0.15) is 12.8 Å². The summed E-state index contributed by atoms with van der Waals surface area (Å²) in [6.45, 7) is 6.88. The van der Waals surface area contributed by atoms with E-state index in [1.165, 1.54) is 14.2 Å². The molecule has 1 saturated carbocycles. The van der Waals surface area contributed by atoms with Crippen molar-refractivity contribution in [2.75, 3.05) is 18.6 Å². The lowest BCUT2D eigenvalue weighted by Gasteiger charge is -2.30. The highest BCUT2D eigenvalue weighted by Crippen LogP contribution is 2.54. The molecule has 1 aliphatic rings. The molecule has 0 saturated heterocycles. The molecule has 0 amide bonds. The number of esters is 2. The summed E-state index contributed by atoms with van der Waals surface area (Å²) < 4.78 is 10.7. The van der Waals surface area contributed by atoms with E-state index in [9.17, 15) is 9.59 Å². The monoisotopic (exact) mass is 398 g/mol. The summed E-state index contributed by atoms with van der Waals surface area (Å²) >= 11 is 2.35. The van der Waals surface area contributed by atoms with Crippen molar-refractivity contribution in [3.63, 3.8) is 0 Å². The third-order valence-corrected chi connectivity index (χ3v) is 8.24. The van der Waals surface area contributed by atoms with Crippen molar-refractivity contribution in [1.82, 2.24) is 0 Å². The number of halogens is 1. The quantitative estimate of drug-likeness (QED) is 0.240. The molecule has 0 N–H and O–H groups in total. The van der Waals surface area contributed by atoms with Crippen LogP contribution in [-0.4, -0.2) is 38.7 Å². The Hall–Kier alpha value is -0.113. The van der Waals surface area contributed by atoms with Crippen molar-refractivity contribution in [2.24, 2.45) is 11.3 Å². The van der Waals surface area contributed by atoms with Gasteiger partial charge in [-0.1, -0.05) is 42.2 Å². The van der Waals surface area contributed by atoms with E-state index in [4.69, 9.17) is 9.47 Å². The van der Waals surface area contributed by atoms with Crippen molar-refractivity contribution in [2.45, 2.75) is 38.0 Å². The Morgan fingerprint density at radius 2 is 1.63 bits per heavy atom. The number of alkyl halides is 1. The predicted molar refractivity (Wildman–Crippen MR) is 85.2 cm³/mol. The lowest BCUT2D eigenvalue weighted by Crippen LogP contribution is -2.40. The van der Waals surface area contributed by atoms with Crippen LogP contribution in [0.2, 0.25) is 25.2 Å². The van der Waals surface area contributed by atoms with Gasteiger partial charge in [0.15, 0.2) is 5.41 Å². The van der Waals surface area contributed by atoms with Crippen LogP contribution in [0.25, 0.3) is 0 Å². The number of carbonyl (C=O) groups excluding carboxylic acids is 2. The highest BCUT2D eigenvalue weighted by atomic mass is 127. The molecule has 0 aromatic heterocycles. The van der Waals surface area contributed by atoms with Gasteiger partial charge in [-0.25, -0.2) is 0 Å². The average Bonchev–Trinajstić information content (AvgIpc) is 2.77. The van der Waals surface area contributed by atoms with Gasteiger partial charge in [0, 0.05) is 12.5 Å². The molecule has 0 aromatic rings. The van der Waals surface area contributed by atoms with Crippen molar-refractivity contribution < 1.29 is 19.1 Å². The molecule has 0 aliphatic heterocycles. The number of hydrogen-bond donors (Lipinski definition) is 0. The summed E-state index contributed by atoms with van der Waals surface area (Å²) in [5.41, 5.74) is -0.632. The molecule has 110 valence electrons. The minimum absolute atomic E-state index is 0.394. The van der Waals surface area contributed by atoms with E-state index in [0.717, 1.165) is 4.43 Å². The first-order chi connectivity index (χ1) is 8.72. The largest absolute Gasteiger partial charge is 0.468 e. The van der Waals surface area contributed by atoms with Gasteiger partial charge in [-0.2, -0.15) is 0 Å². The maximum atomic E-state index is 12.2.